The van der Waals surface area contributed by atoms with Gasteiger partial charge in [-0.1, -0.05) is 12.1 Å². The molecule has 0 atom stereocenters. The van der Waals surface area contributed by atoms with Crippen LogP contribution >= 0.6 is 0 Å². The predicted octanol–water partition coefficient (Wildman–Crippen LogP) is 4.26. The van der Waals surface area contributed by atoms with Crippen LogP contribution in [0, 0.1) is 5.82 Å². The third kappa shape index (κ3) is 3.13. The van der Waals surface area contributed by atoms with Gasteiger partial charge in [-0.3, -0.25) is 9.69 Å². The van der Waals surface area contributed by atoms with Crippen LogP contribution in [0.15, 0.2) is 82.0 Å². The molecule has 2 aromatic carbocycles. The van der Waals surface area contributed by atoms with E-state index in [1.807, 2.05) is 18.2 Å². The maximum atomic E-state index is 13.4. The molecule has 0 fully saturated rings. The molecule has 0 unspecified atom stereocenters. The van der Waals surface area contributed by atoms with Crippen LogP contribution in [0.1, 0.15) is 11.3 Å². The monoisotopic (exact) mass is 362 g/mol. The Balaban J connectivity index is 1.86. The van der Waals surface area contributed by atoms with E-state index in [1.54, 1.807) is 31.4 Å². The van der Waals surface area contributed by atoms with Gasteiger partial charge in [0.1, 0.15) is 23.0 Å². The highest BCUT2D eigenvalue weighted by Gasteiger charge is 2.34. The minimum atomic E-state index is -0.382. The average Bonchev–Trinajstić information content (AvgIpc) is 3.31. The van der Waals surface area contributed by atoms with Crippen LogP contribution < -0.4 is 9.64 Å². The van der Waals surface area contributed by atoms with E-state index >= 15 is 0 Å². The van der Waals surface area contributed by atoms with E-state index in [4.69, 9.17) is 9.15 Å². The van der Waals surface area contributed by atoms with Gasteiger partial charge in [0.15, 0.2) is 5.84 Å². The summed E-state index contributed by atoms with van der Waals surface area (Å²) in [5.41, 5.74) is 1.38. The molecule has 2 heterocycles. The Morgan fingerprint density at radius 1 is 1.07 bits per heavy atom. The van der Waals surface area contributed by atoms with Crippen molar-refractivity contribution in [2.75, 3.05) is 12.0 Å². The molecule has 27 heavy (non-hydrogen) atoms. The van der Waals surface area contributed by atoms with Gasteiger partial charge in [0, 0.05) is 6.08 Å². The maximum Gasteiger partial charge on any atom is 0.282 e. The number of nitrogens with zero attached hydrogens (tertiary/aromatic N) is 2. The van der Waals surface area contributed by atoms with Gasteiger partial charge in [-0.05, 0) is 48.5 Å². The SMILES string of the molecule is COc1ccccc1C1=N/C(=C/c2ccco2)C(=O)N1c1ccc(F)cc1. The number of aliphatic imine (C=N–C) groups is 1. The summed E-state index contributed by atoms with van der Waals surface area (Å²) in [7, 11) is 1.55. The molecule has 0 bridgehead atoms. The van der Waals surface area contributed by atoms with Crippen molar-refractivity contribution in [3.63, 3.8) is 0 Å². The van der Waals surface area contributed by atoms with E-state index < -0.39 is 0 Å². The molecule has 0 aliphatic carbocycles. The van der Waals surface area contributed by atoms with Gasteiger partial charge in [-0.2, -0.15) is 0 Å². The van der Waals surface area contributed by atoms with Gasteiger partial charge >= 0.3 is 0 Å². The van der Waals surface area contributed by atoms with Crippen LogP contribution in [-0.2, 0) is 4.79 Å². The first kappa shape index (κ1) is 16.8. The van der Waals surface area contributed by atoms with Gasteiger partial charge in [-0.25, -0.2) is 9.38 Å². The van der Waals surface area contributed by atoms with Crippen molar-refractivity contribution in [2.45, 2.75) is 0 Å². The molecule has 1 amide bonds. The third-order valence-corrected chi connectivity index (χ3v) is 4.12. The molecule has 0 N–H and O–H groups in total. The Morgan fingerprint density at radius 2 is 1.85 bits per heavy atom. The van der Waals surface area contributed by atoms with Crippen LogP contribution in [0.2, 0.25) is 0 Å². The summed E-state index contributed by atoms with van der Waals surface area (Å²) in [5, 5.41) is 0. The zero-order valence-electron chi connectivity index (χ0n) is 14.4. The second-order valence-corrected chi connectivity index (χ2v) is 5.80. The Bertz CT molecular complexity index is 1040. The van der Waals surface area contributed by atoms with Crippen LogP contribution in [0.3, 0.4) is 0 Å². The summed E-state index contributed by atoms with van der Waals surface area (Å²) >= 11 is 0. The fraction of sp³-hybridized carbons (Fsp3) is 0.0476. The molecule has 0 spiro atoms. The van der Waals surface area contributed by atoms with Gasteiger partial charge < -0.3 is 9.15 Å². The Hall–Kier alpha value is -3.67. The van der Waals surface area contributed by atoms with Crippen molar-refractivity contribution >= 4 is 23.5 Å². The van der Waals surface area contributed by atoms with Gasteiger partial charge in [0.25, 0.3) is 5.91 Å². The highest BCUT2D eigenvalue weighted by molar-refractivity contribution is 6.33. The van der Waals surface area contributed by atoms with E-state index in [9.17, 15) is 9.18 Å². The second-order valence-electron chi connectivity index (χ2n) is 5.80. The first-order valence-electron chi connectivity index (χ1n) is 8.24. The summed E-state index contributed by atoms with van der Waals surface area (Å²) in [6.45, 7) is 0. The molecular weight excluding hydrogens is 347 g/mol. The second kappa shape index (κ2) is 6.92. The molecule has 1 aliphatic heterocycles. The molecule has 4 rings (SSSR count). The molecule has 0 radical (unpaired) electrons. The minimum absolute atomic E-state index is 0.218. The topological polar surface area (TPSA) is 55.0 Å². The number of rotatable bonds is 4. The quantitative estimate of drug-likeness (QED) is 0.652. The zero-order valence-corrected chi connectivity index (χ0v) is 14.4. The molecule has 0 saturated carbocycles. The molecule has 3 aromatic rings. The summed E-state index contributed by atoms with van der Waals surface area (Å²) in [6.07, 6.45) is 3.09. The Kier molecular flexibility index (Phi) is 4.30. The largest absolute Gasteiger partial charge is 0.496 e. The van der Waals surface area contributed by atoms with E-state index in [1.165, 1.54) is 35.4 Å². The van der Waals surface area contributed by atoms with Crippen molar-refractivity contribution in [1.29, 1.82) is 0 Å². The molecule has 134 valence electrons. The third-order valence-electron chi connectivity index (χ3n) is 4.12. The number of para-hydroxylation sites is 1. The van der Waals surface area contributed by atoms with Crippen LogP contribution in [0.4, 0.5) is 10.1 Å². The van der Waals surface area contributed by atoms with E-state index in [0.29, 0.717) is 28.6 Å². The van der Waals surface area contributed by atoms with E-state index in [-0.39, 0.29) is 17.4 Å². The lowest BCUT2D eigenvalue weighted by atomic mass is 10.1. The normalized spacial score (nSPS) is 15.3. The molecule has 1 aliphatic rings. The first-order chi connectivity index (χ1) is 13.2. The van der Waals surface area contributed by atoms with E-state index in [0.717, 1.165) is 0 Å². The summed E-state index contributed by atoms with van der Waals surface area (Å²) in [6, 6.07) is 16.4. The van der Waals surface area contributed by atoms with Crippen LogP contribution in [0.25, 0.3) is 6.08 Å². The fourth-order valence-corrected chi connectivity index (χ4v) is 2.86. The van der Waals surface area contributed by atoms with Crippen molar-refractivity contribution in [1.82, 2.24) is 0 Å². The number of halogens is 1. The molecule has 0 saturated heterocycles. The number of amidine groups is 1. The number of methoxy groups -OCH3 is 1. The number of hydrogen-bond acceptors (Lipinski definition) is 4. The average molecular weight is 362 g/mol. The number of carbonyl (C=O) groups excluding carboxylic acids is 1. The van der Waals surface area contributed by atoms with Crippen molar-refractivity contribution in [2.24, 2.45) is 4.99 Å². The highest BCUT2D eigenvalue weighted by atomic mass is 19.1. The number of amides is 1. The molecule has 5 nitrogen and oxygen atoms in total. The lowest BCUT2D eigenvalue weighted by Crippen LogP contribution is -2.32. The predicted molar refractivity (Wildman–Crippen MR) is 100 cm³/mol. The standard InChI is InChI=1S/C21H15FN2O3/c1-26-19-7-3-2-6-17(19)20-23-18(13-16-5-4-12-27-16)21(25)24(20)15-10-8-14(22)9-11-15/h2-13H,1H3/b18-13+. The van der Waals surface area contributed by atoms with Gasteiger partial charge in [0.05, 0.1) is 24.6 Å². The Labute approximate surface area is 155 Å². The highest BCUT2D eigenvalue weighted by Crippen LogP contribution is 2.31. The lowest BCUT2D eigenvalue weighted by Gasteiger charge is -2.19. The zero-order chi connectivity index (χ0) is 18.8. The first-order valence-corrected chi connectivity index (χ1v) is 8.24. The smallest absolute Gasteiger partial charge is 0.282 e. The minimum Gasteiger partial charge on any atom is -0.496 e. The van der Waals surface area contributed by atoms with Gasteiger partial charge in [0.2, 0.25) is 0 Å². The van der Waals surface area contributed by atoms with Crippen LogP contribution in [-0.4, -0.2) is 18.9 Å². The van der Waals surface area contributed by atoms with Gasteiger partial charge in [-0.15, -0.1) is 0 Å². The maximum absolute atomic E-state index is 13.4. The fourth-order valence-electron chi connectivity index (χ4n) is 2.86. The summed E-state index contributed by atoms with van der Waals surface area (Å²) in [5.74, 6) is 0.783. The van der Waals surface area contributed by atoms with Crippen LogP contribution in [0.5, 0.6) is 5.75 Å². The van der Waals surface area contributed by atoms with Crippen molar-refractivity contribution in [3.8, 4) is 5.75 Å². The number of furan rings is 1. The molecule has 1 aromatic heterocycles. The summed E-state index contributed by atoms with van der Waals surface area (Å²) in [4.78, 5) is 19.0. The number of ether oxygens (including phenoxy) is 1. The lowest BCUT2D eigenvalue weighted by molar-refractivity contribution is -0.113. The van der Waals surface area contributed by atoms with Crippen molar-refractivity contribution < 1.29 is 18.3 Å². The van der Waals surface area contributed by atoms with Crippen molar-refractivity contribution in [3.05, 3.63) is 89.8 Å². The van der Waals surface area contributed by atoms with E-state index in [2.05, 4.69) is 4.99 Å². The Morgan fingerprint density at radius 3 is 2.56 bits per heavy atom. The number of hydrogen-bond donors (Lipinski definition) is 0. The summed E-state index contributed by atoms with van der Waals surface area (Å²) < 4.78 is 24.1. The molecule has 6 heteroatoms. The number of benzene rings is 2. The molecular formula is C21H15FN2O3. The number of anilines is 1. The number of carbonyl (C=O) groups is 1.